The number of nitrogen functional groups attached to an aromatic ring is 4. The number of aromatic nitrogens is 16. The van der Waals surface area contributed by atoms with Gasteiger partial charge in [-0.3, -0.25) is 0 Å². The van der Waals surface area contributed by atoms with Gasteiger partial charge in [-0.05, 0) is 192 Å². The second-order valence-electron chi connectivity index (χ2n) is 35.0. The largest absolute Gasteiger partial charge is 0.489 e. The van der Waals surface area contributed by atoms with Gasteiger partial charge in [0, 0.05) is 165 Å². The molecule has 0 atom stereocenters. The molecule has 752 valence electrons. The van der Waals surface area contributed by atoms with Crippen molar-refractivity contribution in [1.29, 1.82) is 0 Å². The fraction of sp³-hybridized carbons (Fsp3) is 0.211. The van der Waals surface area contributed by atoms with E-state index in [1.54, 1.807) is 117 Å². The third kappa shape index (κ3) is 23.3. The standard InChI is InChI=1S/C29H26FN5O3.C28H25F2N5O3S.C28H26FN5O3S.C24H20FN5O2S/c30-21-14-24(37-17-19-4-2-1-3-5-19)16-25(15-21)38-23-8-6-20(7-9-23)27-26-28(31)32-18-33-29(26)35(34-27)22-10-12-36-13-11-22;1-16-2-4-22(39-16)14-37-20-10-17(29)11-21(12-20)38-19-3-5-23(24(30)13-19)26-25-27(31)32-15-33-28(25)35(34-26)18-6-8-36-9-7-18;1-17-5-7-22(38-17)15-36-20-3-2-4-21(14-20)37-24-8-6-18(13-23(24)29)26-25-27(30)31-16-32-28(25)34(33-26)19-9-11-35-12-10-19;1-14-3-8-20(33-14)12-31-18-9-16(25)10-19(11-18)32-17-6-4-15(5-7-17)22-21-23(26)27-13-28-24(21)30(2)29-22/h1-9,14-16,18,22H,10-13,17H2,(H2,31,32,33);2-5,10-13,15,18H,6-9,14H2,1H3,(H2,31,32,33);2-8,13-14,16,19H,9-12,15H2,1H3,(H2,30,31,32);3-11,13H,12H2,1-2H3,(H2,26,27,28). The summed E-state index contributed by atoms with van der Waals surface area (Å²) in [6, 6.07) is 65.9. The molecule has 3 aliphatic heterocycles. The summed E-state index contributed by atoms with van der Waals surface area (Å²) < 4.78 is 144. The molecule has 0 unspecified atom stereocenters. The van der Waals surface area contributed by atoms with Crippen LogP contribution in [0.15, 0.2) is 256 Å². The zero-order valence-corrected chi connectivity index (χ0v) is 82.8. The van der Waals surface area contributed by atoms with E-state index in [2.05, 4.69) is 58.0 Å². The van der Waals surface area contributed by atoms with E-state index in [1.807, 2.05) is 132 Å². The summed E-state index contributed by atoms with van der Waals surface area (Å²) >= 11 is 4.95. The summed E-state index contributed by atoms with van der Waals surface area (Å²) in [5, 5.41) is 21.5. The van der Waals surface area contributed by atoms with E-state index < -0.39 is 29.1 Å². The smallest absolute Gasteiger partial charge is 0.166 e. The van der Waals surface area contributed by atoms with E-state index >= 15 is 8.78 Å². The van der Waals surface area contributed by atoms with Crippen LogP contribution in [-0.4, -0.2) is 119 Å². The summed E-state index contributed by atoms with van der Waals surface area (Å²) in [7, 11) is 1.80. The van der Waals surface area contributed by atoms with Gasteiger partial charge in [0.1, 0.15) is 184 Å². The molecule has 0 radical (unpaired) electrons. The number of halogens is 5. The van der Waals surface area contributed by atoms with Gasteiger partial charge in [-0.15, -0.1) is 34.0 Å². The molecule has 3 aliphatic rings. The number of anilines is 4. The lowest BCUT2D eigenvalue weighted by atomic mass is 10.1. The molecule has 0 aliphatic carbocycles. The average molecular weight is 2050 g/mol. The molecule has 9 aromatic carbocycles. The minimum Gasteiger partial charge on any atom is -0.489 e. The maximum Gasteiger partial charge on any atom is 0.166 e. The minimum absolute atomic E-state index is 0.0585. The average Bonchev–Trinajstić information content (AvgIpc) is 1.61. The summed E-state index contributed by atoms with van der Waals surface area (Å²) in [5.74, 6) is 3.27. The SMILES string of the molecule is Cc1ccc(COc2cc(F)cc(Oc3ccc(-c4nn(C)c5ncnc(N)c45)cc3)c2)s1.Cc1ccc(COc2cc(F)cc(Oc3ccc(-c4nn(C5CCOCC5)c5ncnc(N)c45)c(F)c3)c2)s1.Cc1ccc(COc2cccc(Oc3ccc(-c4nn(C5CCOCC5)c5ncnc(N)c45)cc3F)c2)s1.Nc1ncnc2c1c(-c1ccc(Oc3cc(F)cc(OCc4ccccc4)c3)cc1)nn2C1CCOCC1. The van der Waals surface area contributed by atoms with Crippen molar-refractivity contribution in [2.24, 2.45) is 7.05 Å². The number of fused-ring (bicyclic) bond motifs is 4. The molecule has 3 fully saturated rings. The van der Waals surface area contributed by atoms with Crippen molar-refractivity contribution in [2.45, 2.75) is 104 Å². The van der Waals surface area contributed by atoms with E-state index in [1.165, 1.54) is 88.5 Å². The first-order chi connectivity index (χ1) is 72.1. The number of hydrogen-bond donors (Lipinski definition) is 4. The van der Waals surface area contributed by atoms with Gasteiger partial charge in [-0.25, -0.2) is 80.6 Å². The highest BCUT2D eigenvalue weighted by atomic mass is 32.1. The summed E-state index contributed by atoms with van der Waals surface area (Å²) in [6.07, 6.45) is 10.6. The lowest BCUT2D eigenvalue weighted by Crippen LogP contribution is -2.20. The number of rotatable bonds is 27. The van der Waals surface area contributed by atoms with Crippen LogP contribution in [0.5, 0.6) is 69.0 Å². The minimum atomic E-state index is -0.574. The maximum absolute atomic E-state index is 15.5. The Morgan fingerprint density at radius 1 is 0.311 bits per heavy atom. The van der Waals surface area contributed by atoms with Crippen molar-refractivity contribution in [2.75, 3.05) is 62.6 Å². The van der Waals surface area contributed by atoms with E-state index in [4.69, 9.17) is 90.3 Å². The second-order valence-corrected chi connectivity index (χ2v) is 39.1. The Morgan fingerprint density at radius 3 is 1.10 bits per heavy atom. The molecule has 0 bridgehead atoms. The summed E-state index contributed by atoms with van der Waals surface area (Å²) in [5.41, 5.74) is 33.0. The third-order valence-corrected chi connectivity index (χ3v) is 27.4. The molecule has 8 N–H and O–H groups in total. The fourth-order valence-corrected chi connectivity index (χ4v) is 19.8. The quantitative estimate of drug-likeness (QED) is 0.0347. The molecule has 11 aromatic heterocycles. The van der Waals surface area contributed by atoms with Crippen LogP contribution >= 0.6 is 34.0 Å². The fourth-order valence-electron chi connectivity index (χ4n) is 17.4. The van der Waals surface area contributed by atoms with Gasteiger partial charge in [0.05, 0.1) is 39.7 Å². The normalized spacial score (nSPS) is 13.4. The Hall–Kier alpha value is -16.6. The topological polar surface area (TPSA) is 380 Å². The molecule has 148 heavy (non-hydrogen) atoms. The number of thiophene rings is 3. The molecule has 23 rings (SSSR count). The van der Waals surface area contributed by atoms with Crippen molar-refractivity contribution in [1.82, 2.24) is 79.0 Å². The lowest BCUT2D eigenvalue weighted by molar-refractivity contribution is 0.0673. The lowest BCUT2D eigenvalue weighted by Gasteiger charge is -2.22. The number of ether oxygens (including phenoxy) is 11. The zero-order chi connectivity index (χ0) is 102. The highest BCUT2D eigenvalue weighted by molar-refractivity contribution is 7.12. The van der Waals surface area contributed by atoms with E-state index in [9.17, 15) is 13.2 Å². The molecule has 39 heteroatoms. The highest BCUT2D eigenvalue weighted by Gasteiger charge is 2.31. The van der Waals surface area contributed by atoms with Gasteiger partial charge in [0.2, 0.25) is 0 Å². The molecule has 14 heterocycles. The number of nitrogens with two attached hydrogens (primary N) is 4. The third-order valence-electron chi connectivity index (χ3n) is 24.5. The van der Waals surface area contributed by atoms with Crippen LogP contribution in [0.25, 0.3) is 89.2 Å². The van der Waals surface area contributed by atoms with Gasteiger partial charge in [0.25, 0.3) is 0 Å². The Bertz CT molecular complexity index is 8120. The van der Waals surface area contributed by atoms with Crippen molar-refractivity contribution in [3.63, 3.8) is 0 Å². The highest BCUT2D eigenvalue weighted by Crippen LogP contribution is 2.44. The first kappa shape index (κ1) is 98.8. The Morgan fingerprint density at radius 2 is 0.669 bits per heavy atom. The number of nitrogens with zero attached hydrogens (tertiary/aromatic N) is 16. The first-order valence-electron chi connectivity index (χ1n) is 47.5. The molecule has 0 spiro atoms. The van der Waals surface area contributed by atoms with Gasteiger partial charge >= 0.3 is 0 Å². The van der Waals surface area contributed by atoms with Gasteiger partial charge < -0.3 is 75.0 Å². The monoisotopic (exact) mass is 2050 g/mol. The first-order valence-corrected chi connectivity index (χ1v) is 49.9. The molecular weight excluding hydrogens is 1960 g/mol. The summed E-state index contributed by atoms with van der Waals surface area (Å²) in [4.78, 5) is 40.9. The Balaban J connectivity index is 0.000000120. The second kappa shape index (κ2) is 45.0. The predicted octanol–water partition coefficient (Wildman–Crippen LogP) is 24.2. The maximum atomic E-state index is 15.5. The number of aryl methyl sites for hydroxylation is 4. The number of benzene rings is 9. The van der Waals surface area contributed by atoms with E-state index in [0.29, 0.717) is 202 Å². The Labute approximate surface area is 856 Å². The van der Waals surface area contributed by atoms with Crippen molar-refractivity contribution in [3.8, 4) is 114 Å². The predicted molar refractivity (Wildman–Crippen MR) is 556 cm³/mol. The van der Waals surface area contributed by atoms with Crippen LogP contribution in [-0.2, 0) is 47.7 Å². The number of hydrogen-bond acceptors (Lipinski definition) is 30. The van der Waals surface area contributed by atoms with Gasteiger partial charge in [-0.1, -0.05) is 36.4 Å². The summed E-state index contributed by atoms with van der Waals surface area (Å²) in [6.45, 7) is 11.5. The van der Waals surface area contributed by atoms with Crippen molar-refractivity contribution < 1.29 is 74.1 Å². The van der Waals surface area contributed by atoms with Gasteiger partial charge in [-0.2, -0.15) is 20.4 Å². The van der Waals surface area contributed by atoms with Gasteiger partial charge in [0.15, 0.2) is 34.2 Å². The van der Waals surface area contributed by atoms with Crippen LogP contribution in [0.1, 0.15) is 91.5 Å². The van der Waals surface area contributed by atoms with Crippen LogP contribution in [0.3, 0.4) is 0 Å². The van der Waals surface area contributed by atoms with Crippen molar-refractivity contribution in [3.05, 3.63) is 320 Å². The molecule has 3 saturated heterocycles. The van der Waals surface area contributed by atoms with Crippen LogP contribution in [0, 0.1) is 49.9 Å². The van der Waals surface area contributed by atoms with E-state index in [-0.39, 0.29) is 46.8 Å². The van der Waals surface area contributed by atoms with Crippen LogP contribution in [0.4, 0.5) is 45.2 Å². The molecule has 0 saturated carbocycles. The molecule has 20 aromatic rings. The Kier molecular flexibility index (Phi) is 30.0. The molecule has 31 nitrogen and oxygen atoms in total. The van der Waals surface area contributed by atoms with Crippen LogP contribution < -0.4 is 60.8 Å². The zero-order valence-electron chi connectivity index (χ0n) is 80.4. The molecule has 0 amide bonds. The van der Waals surface area contributed by atoms with Crippen LogP contribution in [0.2, 0.25) is 0 Å². The molecular formula is C109H97F5N20O11S3. The van der Waals surface area contributed by atoms with E-state index in [0.717, 1.165) is 75.2 Å². The van der Waals surface area contributed by atoms with Crippen molar-refractivity contribution >= 4 is 101 Å².